The normalized spacial score (nSPS) is 11.4. The quantitative estimate of drug-likeness (QED) is 0.647. The van der Waals surface area contributed by atoms with E-state index < -0.39 is 29.1 Å². The van der Waals surface area contributed by atoms with Crippen molar-refractivity contribution in [1.82, 2.24) is 0 Å². The fourth-order valence-electron chi connectivity index (χ4n) is 2.71. The van der Waals surface area contributed by atoms with Crippen molar-refractivity contribution >= 4 is 33.9 Å². The molecule has 136 valence electrons. The first-order valence-electron chi connectivity index (χ1n) is 8.06. The van der Waals surface area contributed by atoms with Gasteiger partial charge >= 0.3 is 5.97 Å². The molecule has 0 aliphatic carbocycles. The van der Waals surface area contributed by atoms with Gasteiger partial charge in [0.1, 0.15) is 0 Å². The molecule has 27 heavy (non-hydrogen) atoms. The number of amides is 1. The molecule has 1 amide bonds. The highest BCUT2D eigenvalue weighted by atomic mass is 19.2. The third-order valence-electron chi connectivity index (χ3n) is 4.10. The van der Waals surface area contributed by atoms with Gasteiger partial charge in [0.2, 0.25) is 5.91 Å². The summed E-state index contributed by atoms with van der Waals surface area (Å²) in [5.74, 6) is -4.66. The van der Waals surface area contributed by atoms with Gasteiger partial charge in [0, 0.05) is 12.1 Å². The Labute approximate surface area is 153 Å². The molecule has 0 heterocycles. The zero-order chi connectivity index (χ0) is 19.6. The standard InChI is InChI=1S/C21H15F2NO3/c1-12(14-7-6-13-4-2-3-5-15(13)9-14)8-20(25)24-19-11-18(23)17(22)10-16(19)21(26)27/h2-11H,1H3,(H,24,25)(H,26,27). The van der Waals surface area contributed by atoms with Gasteiger partial charge in [-0.15, -0.1) is 0 Å². The summed E-state index contributed by atoms with van der Waals surface area (Å²) in [6.07, 6.45) is 1.27. The van der Waals surface area contributed by atoms with Crippen LogP contribution in [-0.2, 0) is 4.79 Å². The van der Waals surface area contributed by atoms with Crippen molar-refractivity contribution in [3.05, 3.63) is 83.4 Å². The van der Waals surface area contributed by atoms with Crippen LogP contribution >= 0.6 is 0 Å². The van der Waals surface area contributed by atoms with Gasteiger partial charge in [0.15, 0.2) is 11.6 Å². The lowest BCUT2D eigenvalue weighted by Crippen LogP contribution is -2.13. The van der Waals surface area contributed by atoms with Gasteiger partial charge in [-0.05, 0) is 41.0 Å². The van der Waals surface area contributed by atoms with Crippen LogP contribution in [0.25, 0.3) is 16.3 Å². The lowest BCUT2D eigenvalue weighted by Gasteiger charge is -2.09. The second kappa shape index (κ2) is 7.37. The maximum atomic E-state index is 13.4. The molecule has 0 aromatic heterocycles. The summed E-state index contributed by atoms with van der Waals surface area (Å²) in [4.78, 5) is 23.4. The number of carboxylic acid groups (broad SMARTS) is 1. The highest BCUT2D eigenvalue weighted by Gasteiger charge is 2.16. The minimum Gasteiger partial charge on any atom is -0.478 e. The summed E-state index contributed by atoms with van der Waals surface area (Å²) >= 11 is 0. The predicted molar refractivity (Wildman–Crippen MR) is 99.5 cm³/mol. The first-order valence-corrected chi connectivity index (χ1v) is 8.06. The molecule has 0 aliphatic rings. The first-order chi connectivity index (χ1) is 12.8. The molecule has 6 heteroatoms. The number of allylic oxidation sites excluding steroid dienone is 1. The van der Waals surface area contributed by atoms with Gasteiger partial charge in [0.25, 0.3) is 0 Å². The van der Waals surface area contributed by atoms with E-state index in [1.807, 2.05) is 42.5 Å². The number of anilines is 1. The summed E-state index contributed by atoms with van der Waals surface area (Å²) in [6, 6.07) is 14.7. The number of benzene rings is 3. The molecule has 3 aromatic carbocycles. The molecular weight excluding hydrogens is 352 g/mol. The minimum absolute atomic E-state index is 0.311. The van der Waals surface area contributed by atoms with E-state index in [2.05, 4.69) is 5.32 Å². The van der Waals surface area contributed by atoms with Crippen LogP contribution in [0, 0.1) is 11.6 Å². The van der Waals surface area contributed by atoms with Crippen molar-refractivity contribution < 1.29 is 23.5 Å². The van der Waals surface area contributed by atoms with Crippen LogP contribution in [0.15, 0.2) is 60.7 Å². The van der Waals surface area contributed by atoms with E-state index in [0.717, 1.165) is 16.3 Å². The van der Waals surface area contributed by atoms with E-state index >= 15 is 0 Å². The van der Waals surface area contributed by atoms with Gasteiger partial charge in [-0.1, -0.05) is 36.4 Å². The van der Waals surface area contributed by atoms with E-state index in [0.29, 0.717) is 17.7 Å². The first kappa shape index (κ1) is 18.3. The smallest absolute Gasteiger partial charge is 0.337 e. The van der Waals surface area contributed by atoms with Crippen LogP contribution < -0.4 is 5.32 Å². The van der Waals surface area contributed by atoms with Crippen LogP contribution in [0.2, 0.25) is 0 Å². The molecule has 0 saturated carbocycles. The van der Waals surface area contributed by atoms with E-state index in [1.54, 1.807) is 6.92 Å². The molecule has 0 aliphatic heterocycles. The van der Waals surface area contributed by atoms with E-state index in [-0.39, 0.29) is 5.69 Å². The number of carbonyl (C=O) groups excluding carboxylic acids is 1. The van der Waals surface area contributed by atoms with Gasteiger partial charge in [-0.25, -0.2) is 13.6 Å². The summed E-state index contributed by atoms with van der Waals surface area (Å²) in [5.41, 5.74) is 0.610. The van der Waals surface area contributed by atoms with E-state index in [1.165, 1.54) is 6.08 Å². The molecule has 3 rings (SSSR count). The zero-order valence-electron chi connectivity index (χ0n) is 14.3. The number of halogens is 2. The number of aromatic carboxylic acids is 1. The van der Waals surface area contributed by atoms with Gasteiger partial charge in [-0.3, -0.25) is 4.79 Å². The third-order valence-corrected chi connectivity index (χ3v) is 4.10. The highest BCUT2D eigenvalue weighted by molar-refractivity contribution is 6.07. The molecule has 0 radical (unpaired) electrons. The van der Waals surface area contributed by atoms with Gasteiger partial charge < -0.3 is 10.4 Å². The molecule has 0 saturated heterocycles. The summed E-state index contributed by atoms with van der Waals surface area (Å²) in [7, 11) is 0. The Hall–Kier alpha value is -3.54. The topological polar surface area (TPSA) is 66.4 Å². The Morgan fingerprint density at radius 1 is 0.963 bits per heavy atom. The maximum absolute atomic E-state index is 13.4. The number of carbonyl (C=O) groups is 2. The Morgan fingerprint density at radius 3 is 2.33 bits per heavy atom. The molecule has 4 nitrogen and oxygen atoms in total. The average molecular weight is 367 g/mol. The fourth-order valence-corrected chi connectivity index (χ4v) is 2.71. The molecule has 2 N–H and O–H groups in total. The second-order valence-corrected chi connectivity index (χ2v) is 6.00. The molecule has 0 atom stereocenters. The lowest BCUT2D eigenvalue weighted by molar-refractivity contribution is -0.111. The van der Waals surface area contributed by atoms with Gasteiger partial charge in [-0.2, -0.15) is 0 Å². The van der Waals surface area contributed by atoms with Crippen molar-refractivity contribution in [3.63, 3.8) is 0 Å². The van der Waals surface area contributed by atoms with E-state index in [9.17, 15) is 18.4 Å². The molecule has 0 unspecified atom stereocenters. The second-order valence-electron chi connectivity index (χ2n) is 6.00. The van der Waals surface area contributed by atoms with Crippen molar-refractivity contribution in [2.45, 2.75) is 6.92 Å². The summed E-state index contributed by atoms with van der Waals surface area (Å²) < 4.78 is 26.7. The van der Waals surface area contributed by atoms with E-state index in [4.69, 9.17) is 5.11 Å². The number of hydrogen-bond donors (Lipinski definition) is 2. The van der Waals surface area contributed by atoms with Gasteiger partial charge in [0.05, 0.1) is 11.3 Å². The summed E-state index contributed by atoms with van der Waals surface area (Å²) in [5, 5.41) is 13.5. The van der Waals surface area contributed by atoms with Crippen molar-refractivity contribution in [1.29, 1.82) is 0 Å². The lowest BCUT2D eigenvalue weighted by atomic mass is 10.0. The number of fused-ring (bicyclic) bond motifs is 1. The van der Waals surface area contributed by atoms with Crippen LogP contribution in [0.3, 0.4) is 0 Å². The number of carboxylic acids is 1. The molecular formula is C21H15F2NO3. The molecule has 0 bridgehead atoms. The van der Waals surface area contributed by atoms with Crippen molar-refractivity contribution in [2.24, 2.45) is 0 Å². The SMILES string of the molecule is CC(=CC(=O)Nc1cc(F)c(F)cc1C(=O)O)c1ccc2ccccc2c1. The van der Waals surface area contributed by atoms with Crippen LogP contribution in [-0.4, -0.2) is 17.0 Å². The predicted octanol–water partition coefficient (Wildman–Crippen LogP) is 4.86. The summed E-state index contributed by atoms with van der Waals surface area (Å²) in [6.45, 7) is 1.73. The molecule has 0 fully saturated rings. The fraction of sp³-hybridized carbons (Fsp3) is 0.0476. The Balaban J connectivity index is 1.87. The Morgan fingerprint density at radius 2 is 1.63 bits per heavy atom. The maximum Gasteiger partial charge on any atom is 0.337 e. The Bertz CT molecular complexity index is 1090. The third kappa shape index (κ3) is 4.00. The van der Waals surface area contributed by atoms with Crippen LogP contribution in [0.4, 0.5) is 14.5 Å². The monoisotopic (exact) mass is 367 g/mol. The number of rotatable bonds is 4. The number of nitrogens with one attached hydrogen (secondary N) is 1. The highest BCUT2D eigenvalue weighted by Crippen LogP contribution is 2.23. The number of hydrogen-bond acceptors (Lipinski definition) is 2. The molecule has 0 spiro atoms. The molecule has 3 aromatic rings. The Kier molecular flexibility index (Phi) is 4.98. The average Bonchev–Trinajstić information content (AvgIpc) is 2.63. The minimum atomic E-state index is -1.47. The zero-order valence-corrected chi connectivity index (χ0v) is 14.3. The van der Waals surface area contributed by atoms with Crippen LogP contribution in [0.1, 0.15) is 22.8 Å². The van der Waals surface area contributed by atoms with Crippen molar-refractivity contribution in [3.8, 4) is 0 Å². The van der Waals surface area contributed by atoms with Crippen molar-refractivity contribution in [2.75, 3.05) is 5.32 Å². The van der Waals surface area contributed by atoms with Crippen LogP contribution in [0.5, 0.6) is 0 Å². The largest absolute Gasteiger partial charge is 0.478 e.